The van der Waals surface area contributed by atoms with Gasteiger partial charge in [-0.3, -0.25) is 4.79 Å². The molecule has 1 saturated carbocycles. The summed E-state index contributed by atoms with van der Waals surface area (Å²) < 4.78 is 5.33. The van der Waals surface area contributed by atoms with Crippen molar-refractivity contribution in [3.8, 4) is 0 Å². The molecular formula is C15H18O4. The topological polar surface area (TPSA) is 63.6 Å². The molecule has 0 radical (unpaired) electrons. The van der Waals surface area contributed by atoms with Crippen molar-refractivity contribution in [2.45, 2.75) is 38.9 Å². The fourth-order valence-electron chi connectivity index (χ4n) is 3.99. The first-order valence-electron chi connectivity index (χ1n) is 6.64. The number of ketones is 1. The number of ether oxygens (including phenoxy) is 1. The molecule has 4 heteroatoms. The van der Waals surface area contributed by atoms with Crippen molar-refractivity contribution in [1.29, 1.82) is 0 Å². The fraction of sp³-hybridized carbons (Fsp3) is 0.600. The highest BCUT2D eigenvalue weighted by Crippen LogP contribution is 2.54. The molecule has 5 atom stereocenters. The van der Waals surface area contributed by atoms with Crippen molar-refractivity contribution in [2.75, 3.05) is 0 Å². The van der Waals surface area contributed by atoms with E-state index in [4.69, 9.17) is 4.74 Å². The molecule has 0 amide bonds. The highest BCUT2D eigenvalue weighted by Gasteiger charge is 2.56. The summed E-state index contributed by atoms with van der Waals surface area (Å²) in [5.41, 5.74) is 0.983. The van der Waals surface area contributed by atoms with E-state index in [9.17, 15) is 14.7 Å². The first-order valence-corrected chi connectivity index (χ1v) is 6.64. The average molecular weight is 262 g/mol. The van der Waals surface area contributed by atoms with Gasteiger partial charge in [0.15, 0.2) is 5.78 Å². The lowest BCUT2D eigenvalue weighted by Crippen LogP contribution is -2.53. The SMILES string of the molecule is C=C1C(=O)O[C@@H]2C[C@]3(C)[C@H](O)C(=O)C=C(C)[C@H]3C[C@H]12. The maximum Gasteiger partial charge on any atom is 0.334 e. The lowest BCUT2D eigenvalue weighted by Gasteiger charge is -2.49. The van der Waals surface area contributed by atoms with Crippen molar-refractivity contribution in [1.82, 2.24) is 0 Å². The monoisotopic (exact) mass is 262 g/mol. The van der Waals surface area contributed by atoms with Crippen LogP contribution in [0.4, 0.5) is 0 Å². The first kappa shape index (κ1) is 12.6. The van der Waals surface area contributed by atoms with Gasteiger partial charge >= 0.3 is 5.97 Å². The lowest BCUT2D eigenvalue weighted by molar-refractivity contribution is -0.148. The molecule has 0 aromatic carbocycles. The quantitative estimate of drug-likeness (QED) is 0.529. The summed E-state index contributed by atoms with van der Waals surface area (Å²) in [5, 5.41) is 10.2. The molecule has 0 spiro atoms. The number of aliphatic hydroxyl groups is 1. The number of hydrogen-bond acceptors (Lipinski definition) is 4. The standard InChI is InChI=1S/C15H18O4/c1-7-4-11(16)13(17)15(3)6-12-9(5-10(7)15)8(2)14(18)19-12/h4,9-10,12-13,17H,2,5-6H2,1,3H3/t9-,10-,12-,13-,15+/m1/s1. The van der Waals surface area contributed by atoms with Crippen molar-refractivity contribution in [3.63, 3.8) is 0 Å². The van der Waals surface area contributed by atoms with Gasteiger partial charge in [0.25, 0.3) is 0 Å². The van der Waals surface area contributed by atoms with Gasteiger partial charge in [0.05, 0.1) is 0 Å². The van der Waals surface area contributed by atoms with Crippen LogP contribution in [0.5, 0.6) is 0 Å². The third kappa shape index (κ3) is 1.56. The Morgan fingerprint density at radius 3 is 2.84 bits per heavy atom. The van der Waals surface area contributed by atoms with Gasteiger partial charge in [-0.15, -0.1) is 0 Å². The second-order valence-electron chi connectivity index (χ2n) is 6.27. The van der Waals surface area contributed by atoms with Gasteiger partial charge in [-0.25, -0.2) is 4.79 Å². The summed E-state index contributed by atoms with van der Waals surface area (Å²) in [4.78, 5) is 23.4. The lowest BCUT2D eigenvalue weighted by atomic mass is 9.55. The highest BCUT2D eigenvalue weighted by molar-refractivity contribution is 5.96. The zero-order valence-corrected chi connectivity index (χ0v) is 11.2. The molecular weight excluding hydrogens is 244 g/mol. The van der Waals surface area contributed by atoms with Crippen LogP contribution in [0.3, 0.4) is 0 Å². The maximum atomic E-state index is 11.8. The molecule has 102 valence electrons. The molecule has 1 N–H and O–H groups in total. The average Bonchev–Trinajstić information content (AvgIpc) is 2.60. The summed E-state index contributed by atoms with van der Waals surface area (Å²) in [6, 6.07) is 0. The Morgan fingerprint density at radius 1 is 1.47 bits per heavy atom. The number of carbonyl (C=O) groups excluding carboxylic acids is 2. The number of aliphatic hydroxyl groups excluding tert-OH is 1. The molecule has 19 heavy (non-hydrogen) atoms. The number of fused-ring (bicyclic) bond motifs is 2. The van der Waals surface area contributed by atoms with E-state index in [1.807, 2.05) is 13.8 Å². The van der Waals surface area contributed by atoms with E-state index in [-0.39, 0.29) is 29.7 Å². The summed E-state index contributed by atoms with van der Waals surface area (Å²) in [6.45, 7) is 7.66. The smallest absolute Gasteiger partial charge is 0.334 e. The summed E-state index contributed by atoms with van der Waals surface area (Å²) in [6.07, 6.45) is 1.53. The Balaban J connectivity index is 2.01. The third-order valence-corrected chi connectivity index (χ3v) is 5.16. The first-order chi connectivity index (χ1) is 8.84. The van der Waals surface area contributed by atoms with Crippen molar-refractivity contribution in [3.05, 3.63) is 23.8 Å². The van der Waals surface area contributed by atoms with Crippen LogP contribution in [0.15, 0.2) is 23.8 Å². The number of allylic oxidation sites excluding steroid dienone is 1. The number of rotatable bonds is 0. The molecule has 0 bridgehead atoms. The fourth-order valence-corrected chi connectivity index (χ4v) is 3.99. The number of esters is 1. The second-order valence-corrected chi connectivity index (χ2v) is 6.27. The van der Waals surface area contributed by atoms with Gasteiger partial charge in [-0.2, -0.15) is 0 Å². The van der Waals surface area contributed by atoms with E-state index < -0.39 is 11.5 Å². The van der Waals surface area contributed by atoms with Crippen molar-refractivity contribution < 1.29 is 19.4 Å². The Labute approximate surface area is 112 Å². The molecule has 3 aliphatic rings. The van der Waals surface area contributed by atoms with Crippen LogP contribution in [-0.2, 0) is 14.3 Å². The predicted molar refractivity (Wildman–Crippen MR) is 68.1 cm³/mol. The zero-order valence-electron chi connectivity index (χ0n) is 11.2. The number of hydrogen-bond donors (Lipinski definition) is 1. The van der Waals surface area contributed by atoms with Gasteiger partial charge < -0.3 is 9.84 Å². The van der Waals surface area contributed by atoms with E-state index in [2.05, 4.69) is 6.58 Å². The van der Waals surface area contributed by atoms with Crippen LogP contribution in [-0.4, -0.2) is 29.1 Å². The zero-order chi connectivity index (χ0) is 13.9. The summed E-state index contributed by atoms with van der Waals surface area (Å²) >= 11 is 0. The van der Waals surface area contributed by atoms with Crippen LogP contribution in [0.1, 0.15) is 26.7 Å². The molecule has 2 fully saturated rings. The maximum absolute atomic E-state index is 11.8. The van der Waals surface area contributed by atoms with E-state index in [0.717, 1.165) is 12.0 Å². The van der Waals surface area contributed by atoms with E-state index in [0.29, 0.717) is 12.0 Å². The molecule has 1 heterocycles. The Morgan fingerprint density at radius 2 is 2.16 bits per heavy atom. The third-order valence-electron chi connectivity index (χ3n) is 5.16. The van der Waals surface area contributed by atoms with Crippen molar-refractivity contribution >= 4 is 11.8 Å². The van der Waals surface area contributed by atoms with Gasteiger partial charge in [0.2, 0.25) is 0 Å². The predicted octanol–water partition coefficient (Wildman–Crippen LogP) is 1.39. The van der Waals surface area contributed by atoms with Crippen molar-refractivity contribution in [2.24, 2.45) is 17.3 Å². The Kier molecular flexibility index (Phi) is 2.52. The van der Waals surface area contributed by atoms with Gasteiger partial charge in [0, 0.05) is 16.9 Å². The molecule has 4 nitrogen and oxygen atoms in total. The highest BCUT2D eigenvalue weighted by atomic mass is 16.6. The normalized spacial score (nSPS) is 45.4. The van der Waals surface area contributed by atoms with Crippen LogP contribution < -0.4 is 0 Å². The number of carbonyl (C=O) groups is 2. The van der Waals surface area contributed by atoms with Gasteiger partial charge in [-0.1, -0.05) is 19.1 Å². The minimum absolute atomic E-state index is 0.0225. The van der Waals surface area contributed by atoms with Crippen LogP contribution in [0.2, 0.25) is 0 Å². The van der Waals surface area contributed by atoms with Crippen LogP contribution in [0, 0.1) is 17.3 Å². The van der Waals surface area contributed by atoms with Gasteiger partial charge in [-0.05, 0) is 31.8 Å². The molecule has 2 aliphatic carbocycles. The Bertz CT molecular complexity index is 518. The molecule has 0 unspecified atom stereocenters. The molecule has 0 aromatic rings. The summed E-state index contributed by atoms with van der Waals surface area (Å²) in [5.74, 6) is -0.445. The molecule has 3 rings (SSSR count). The minimum atomic E-state index is -1.00. The largest absolute Gasteiger partial charge is 0.458 e. The van der Waals surface area contributed by atoms with Crippen LogP contribution in [0.25, 0.3) is 0 Å². The van der Waals surface area contributed by atoms with Gasteiger partial charge in [0.1, 0.15) is 12.2 Å². The second kappa shape index (κ2) is 3.79. The molecule has 1 saturated heterocycles. The van der Waals surface area contributed by atoms with E-state index in [1.54, 1.807) is 0 Å². The van der Waals surface area contributed by atoms with E-state index in [1.165, 1.54) is 6.08 Å². The van der Waals surface area contributed by atoms with E-state index >= 15 is 0 Å². The van der Waals surface area contributed by atoms with Crippen LogP contribution >= 0.6 is 0 Å². The molecule has 0 aromatic heterocycles. The summed E-state index contributed by atoms with van der Waals surface area (Å²) in [7, 11) is 0. The minimum Gasteiger partial charge on any atom is -0.458 e. The molecule has 1 aliphatic heterocycles. The Hall–Kier alpha value is -1.42.